The van der Waals surface area contributed by atoms with Gasteiger partial charge in [0.25, 0.3) is 0 Å². The number of aromatic carboxylic acids is 1. The molecule has 0 unspecified atom stereocenters. The molecule has 3 nitrogen and oxygen atoms in total. The van der Waals surface area contributed by atoms with Gasteiger partial charge in [-0.3, -0.25) is 0 Å². The highest BCUT2D eigenvalue weighted by atomic mass is 35.5. The molecule has 7 heteroatoms. The highest BCUT2D eigenvalue weighted by Gasteiger charge is 2.33. The molecule has 1 heterocycles. The quantitative estimate of drug-likeness (QED) is 0.809. The molecule has 18 heavy (non-hydrogen) atoms. The Kier molecular flexibility index (Phi) is 2.90. The van der Waals surface area contributed by atoms with Crippen LogP contribution in [-0.2, 0) is 6.18 Å². The number of alkyl halides is 3. The number of carboxylic acids is 1. The summed E-state index contributed by atoms with van der Waals surface area (Å²) in [6.07, 6.45) is -4.57. The van der Waals surface area contributed by atoms with Crippen molar-refractivity contribution >= 4 is 28.5 Å². The Morgan fingerprint density at radius 3 is 2.56 bits per heavy atom. The Bertz CT molecular complexity index is 640. The van der Waals surface area contributed by atoms with Crippen molar-refractivity contribution in [3.8, 4) is 0 Å². The number of halogens is 4. The minimum atomic E-state index is -4.57. The average molecular weight is 276 g/mol. The van der Waals surface area contributed by atoms with Crippen LogP contribution in [0.25, 0.3) is 10.9 Å². The van der Waals surface area contributed by atoms with Gasteiger partial charge in [-0.05, 0) is 12.1 Å². The maximum atomic E-state index is 12.7. The topological polar surface area (TPSA) is 50.2 Å². The molecule has 0 spiro atoms. The molecule has 0 radical (unpaired) electrons. The molecule has 0 saturated carbocycles. The molecule has 0 bridgehead atoms. The second kappa shape index (κ2) is 4.13. The summed E-state index contributed by atoms with van der Waals surface area (Å²) in [5.74, 6) is -1.34. The van der Waals surface area contributed by atoms with Crippen LogP contribution in [0.3, 0.4) is 0 Å². The van der Waals surface area contributed by atoms with Gasteiger partial charge in [-0.2, -0.15) is 13.2 Å². The first kappa shape index (κ1) is 12.6. The van der Waals surface area contributed by atoms with E-state index in [4.69, 9.17) is 16.7 Å². The fourth-order valence-electron chi connectivity index (χ4n) is 1.55. The Morgan fingerprint density at radius 2 is 2.00 bits per heavy atom. The number of carboxylic acid groups (broad SMARTS) is 1. The summed E-state index contributed by atoms with van der Waals surface area (Å²) in [4.78, 5) is 14.3. The molecule has 0 aliphatic carbocycles. The Balaban J connectivity index is 2.81. The maximum Gasteiger partial charge on any atom is 0.418 e. The summed E-state index contributed by atoms with van der Waals surface area (Å²) in [7, 11) is 0. The summed E-state index contributed by atoms with van der Waals surface area (Å²) in [5, 5.41) is 8.42. The van der Waals surface area contributed by atoms with E-state index in [1.54, 1.807) is 0 Å². The number of pyridine rings is 1. The first-order chi connectivity index (χ1) is 8.30. The lowest BCUT2D eigenvalue weighted by Crippen LogP contribution is -2.08. The van der Waals surface area contributed by atoms with Crippen LogP contribution in [0.1, 0.15) is 15.9 Å². The fourth-order valence-corrected chi connectivity index (χ4v) is 1.77. The Hall–Kier alpha value is -1.82. The van der Waals surface area contributed by atoms with Gasteiger partial charge >= 0.3 is 12.1 Å². The highest BCUT2D eigenvalue weighted by molar-refractivity contribution is 6.32. The molecule has 0 saturated heterocycles. The van der Waals surface area contributed by atoms with Gasteiger partial charge < -0.3 is 5.11 Å². The lowest BCUT2D eigenvalue weighted by atomic mass is 10.1. The number of fused-ring (bicyclic) bond motifs is 1. The van der Waals surface area contributed by atoms with Crippen molar-refractivity contribution in [2.24, 2.45) is 0 Å². The van der Waals surface area contributed by atoms with Crippen LogP contribution >= 0.6 is 11.6 Å². The third-order valence-electron chi connectivity index (χ3n) is 2.34. The van der Waals surface area contributed by atoms with Gasteiger partial charge in [0.15, 0.2) is 0 Å². The number of hydrogen-bond donors (Lipinski definition) is 1. The van der Waals surface area contributed by atoms with E-state index in [1.807, 2.05) is 0 Å². The van der Waals surface area contributed by atoms with Crippen molar-refractivity contribution in [2.75, 3.05) is 0 Å². The molecule has 1 aromatic carbocycles. The third kappa shape index (κ3) is 2.11. The average Bonchev–Trinajstić information content (AvgIpc) is 2.25. The standard InChI is InChI=1S/C11H5ClF3NO2/c12-9-6(10(17)18)4-5-2-1-3-7(8(5)16-9)11(13,14)15/h1-4H,(H,17,18). The largest absolute Gasteiger partial charge is 0.478 e. The van der Waals surface area contributed by atoms with E-state index in [0.29, 0.717) is 0 Å². The summed E-state index contributed by atoms with van der Waals surface area (Å²) in [5.41, 5.74) is -1.64. The van der Waals surface area contributed by atoms with E-state index in [2.05, 4.69) is 4.98 Å². The third-order valence-corrected chi connectivity index (χ3v) is 2.62. The molecule has 0 aliphatic rings. The van der Waals surface area contributed by atoms with Crippen LogP contribution in [-0.4, -0.2) is 16.1 Å². The number of rotatable bonds is 1. The number of benzene rings is 1. The zero-order valence-corrected chi connectivity index (χ0v) is 9.38. The van der Waals surface area contributed by atoms with Gasteiger partial charge in [-0.1, -0.05) is 23.7 Å². The fraction of sp³-hybridized carbons (Fsp3) is 0.0909. The molecule has 0 fully saturated rings. The smallest absolute Gasteiger partial charge is 0.418 e. The molecular formula is C11H5ClF3NO2. The van der Waals surface area contributed by atoms with Crippen molar-refractivity contribution in [2.45, 2.75) is 6.18 Å². The first-order valence-electron chi connectivity index (χ1n) is 4.70. The van der Waals surface area contributed by atoms with Crippen LogP contribution in [0.4, 0.5) is 13.2 Å². The van der Waals surface area contributed by atoms with E-state index in [0.717, 1.165) is 12.1 Å². The van der Waals surface area contributed by atoms with E-state index < -0.39 is 22.9 Å². The van der Waals surface area contributed by atoms with E-state index in [1.165, 1.54) is 12.1 Å². The van der Waals surface area contributed by atoms with Crippen molar-refractivity contribution in [3.05, 3.63) is 40.5 Å². The minimum Gasteiger partial charge on any atom is -0.478 e. The number of aromatic nitrogens is 1. The molecule has 0 amide bonds. The predicted octanol–water partition coefficient (Wildman–Crippen LogP) is 3.61. The number of carbonyl (C=O) groups is 1. The zero-order chi connectivity index (χ0) is 13.5. The number of hydrogen-bond acceptors (Lipinski definition) is 2. The summed E-state index contributed by atoms with van der Waals surface area (Å²) >= 11 is 5.56. The van der Waals surface area contributed by atoms with Crippen LogP contribution in [0.15, 0.2) is 24.3 Å². The molecule has 94 valence electrons. The van der Waals surface area contributed by atoms with E-state index >= 15 is 0 Å². The van der Waals surface area contributed by atoms with Crippen LogP contribution in [0.2, 0.25) is 5.15 Å². The minimum absolute atomic E-state index is 0.0756. The van der Waals surface area contributed by atoms with Crippen molar-refractivity contribution in [1.82, 2.24) is 4.98 Å². The van der Waals surface area contributed by atoms with Crippen LogP contribution in [0.5, 0.6) is 0 Å². The molecular weight excluding hydrogens is 271 g/mol. The zero-order valence-electron chi connectivity index (χ0n) is 8.62. The monoisotopic (exact) mass is 275 g/mol. The lowest BCUT2D eigenvalue weighted by molar-refractivity contribution is -0.136. The Labute approximate surface area is 104 Å². The summed E-state index contributed by atoms with van der Waals surface area (Å²) in [6.45, 7) is 0. The van der Waals surface area contributed by atoms with Gasteiger partial charge in [0.1, 0.15) is 5.15 Å². The molecule has 1 aromatic heterocycles. The molecule has 2 rings (SSSR count). The first-order valence-corrected chi connectivity index (χ1v) is 5.08. The Morgan fingerprint density at radius 1 is 1.33 bits per heavy atom. The molecule has 1 N–H and O–H groups in total. The van der Waals surface area contributed by atoms with Gasteiger partial charge in [-0.25, -0.2) is 9.78 Å². The normalized spacial score (nSPS) is 11.8. The maximum absolute atomic E-state index is 12.7. The second-order valence-electron chi connectivity index (χ2n) is 3.51. The van der Waals surface area contributed by atoms with Crippen molar-refractivity contribution in [1.29, 1.82) is 0 Å². The highest BCUT2D eigenvalue weighted by Crippen LogP contribution is 2.34. The van der Waals surface area contributed by atoms with Crippen molar-refractivity contribution in [3.63, 3.8) is 0 Å². The van der Waals surface area contributed by atoms with Gasteiger partial charge in [0.2, 0.25) is 0 Å². The second-order valence-corrected chi connectivity index (χ2v) is 3.86. The van der Waals surface area contributed by atoms with Crippen LogP contribution < -0.4 is 0 Å². The van der Waals surface area contributed by atoms with Crippen molar-refractivity contribution < 1.29 is 23.1 Å². The molecule has 0 atom stereocenters. The summed E-state index contributed by atoms with van der Waals surface area (Å²) < 4.78 is 38.1. The molecule has 2 aromatic rings. The van der Waals surface area contributed by atoms with Gasteiger partial charge in [0.05, 0.1) is 16.6 Å². The van der Waals surface area contributed by atoms with Gasteiger partial charge in [-0.15, -0.1) is 0 Å². The predicted molar refractivity (Wildman–Crippen MR) is 58.7 cm³/mol. The number of nitrogens with zero attached hydrogens (tertiary/aromatic N) is 1. The molecule has 0 aliphatic heterocycles. The lowest BCUT2D eigenvalue weighted by Gasteiger charge is -2.10. The summed E-state index contributed by atoms with van der Waals surface area (Å²) in [6, 6.07) is 4.47. The van der Waals surface area contributed by atoms with Crippen LogP contribution in [0, 0.1) is 0 Å². The van der Waals surface area contributed by atoms with E-state index in [9.17, 15) is 18.0 Å². The van der Waals surface area contributed by atoms with E-state index in [-0.39, 0.29) is 16.5 Å². The number of para-hydroxylation sites is 1. The van der Waals surface area contributed by atoms with Gasteiger partial charge in [0, 0.05) is 5.39 Å². The SMILES string of the molecule is O=C(O)c1cc2cccc(C(F)(F)F)c2nc1Cl.